The molecule has 0 aliphatic rings. The minimum absolute atomic E-state index is 0.405. The number of hydrogen-bond acceptors (Lipinski definition) is 4. The van der Waals surface area contributed by atoms with Gasteiger partial charge in [0.2, 0.25) is 5.65 Å². The Morgan fingerprint density at radius 3 is 2.90 bits per heavy atom. The molecule has 1 aromatic carbocycles. The highest BCUT2D eigenvalue weighted by Crippen LogP contribution is 2.23. The zero-order chi connectivity index (χ0) is 14.4. The van der Waals surface area contributed by atoms with Gasteiger partial charge in [-0.2, -0.15) is 5.10 Å². The van der Waals surface area contributed by atoms with Gasteiger partial charge in [-0.05, 0) is 29.1 Å². The SMILES string of the molecule is [O-][n+]1nc2c(-c3ccccn3)cnn2c2cc(Cl)ccc21. The highest BCUT2D eigenvalue weighted by molar-refractivity contribution is 6.31. The highest BCUT2D eigenvalue weighted by atomic mass is 35.5. The maximum absolute atomic E-state index is 12.1. The summed E-state index contributed by atoms with van der Waals surface area (Å²) in [6.07, 6.45) is 3.33. The zero-order valence-electron chi connectivity index (χ0n) is 10.6. The first-order valence-electron chi connectivity index (χ1n) is 6.22. The average molecular weight is 298 g/mol. The van der Waals surface area contributed by atoms with Crippen molar-refractivity contribution in [3.8, 4) is 11.3 Å². The van der Waals surface area contributed by atoms with Crippen molar-refractivity contribution in [2.75, 3.05) is 0 Å². The molecule has 21 heavy (non-hydrogen) atoms. The number of halogens is 1. The van der Waals surface area contributed by atoms with Crippen molar-refractivity contribution < 1.29 is 4.85 Å². The molecule has 0 atom stereocenters. The minimum atomic E-state index is 0.405. The van der Waals surface area contributed by atoms with Gasteiger partial charge in [-0.1, -0.05) is 17.7 Å². The molecular formula is C14H8ClN5O. The summed E-state index contributed by atoms with van der Waals surface area (Å²) in [5, 5.41) is 21.0. The Kier molecular flexibility index (Phi) is 2.52. The van der Waals surface area contributed by atoms with Gasteiger partial charge in [0, 0.05) is 22.4 Å². The van der Waals surface area contributed by atoms with Gasteiger partial charge < -0.3 is 5.21 Å². The Hall–Kier alpha value is -2.73. The van der Waals surface area contributed by atoms with Crippen molar-refractivity contribution in [1.82, 2.24) is 19.7 Å². The number of benzene rings is 1. The van der Waals surface area contributed by atoms with Crippen LogP contribution in [0, 0.1) is 5.21 Å². The van der Waals surface area contributed by atoms with Crippen molar-refractivity contribution in [2.45, 2.75) is 0 Å². The van der Waals surface area contributed by atoms with Crippen LogP contribution in [-0.2, 0) is 0 Å². The minimum Gasteiger partial charge on any atom is -0.594 e. The quantitative estimate of drug-likeness (QED) is 0.399. The van der Waals surface area contributed by atoms with Crippen molar-refractivity contribution in [2.24, 2.45) is 0 Å². The number of rotatable bonds is 1. The maximum Gasteiger partial charge on any atom is 0.270 e. The van der Waals surface area contributed by atoms with E-state index in [9.17, 15) is 5.21 Å². The Balaban J connectivity index is 2.12. The van der Waals surface area contributed by atoms with Gasteiger partial charge in [0.05, 0.1) is 17.5 Å². The summed E-state index contributed by atoms with van der Waals surface area (Å²) in [5.74, 6) is 0. The molecule has 6 nitrogen and oxygen atoms in total. The van der Waals surface area contributed by atoms with E-state index in [1.54, 1.807) is 35.1 Å². The molecule has 0 spiro atoms. The summed E-state index contributed by atoms with van der Waals surface area (Å²) < 4.78 is 1.60. The van der Waals surface area contributed by atoms with E-state index >= 15 is 0 Å². The molecule has 102 valence electrons. The van der Waals surface area contributed by atoms with E-state index in [4.69, 9.17) is 11.6 Å². The number of nitrogens with zero attached hydrogens (tertiary/aromatic N) is 5. The third-order valence-electron chi connectivity index (χ3n) is 3.24. The predicted octanol–water partition coefficient (Wildman–Crippen LogP) is 2.23. The van der Waals surface area contributed by atoms with Crippen LogP contribution in [0.25, 0.3) is 27.9 Å². The lowest BCUT2D eigenvalue weighted by atomic mass is 10.2. The normalized spacial score (nSPS) is 11.3. The van der Waals surface area contributed by atoms with Gasteiger partial charge in [-0.15, -0.1) is 0 Å². The number of aromatic nitrogens is 5. The largest absolute Gasteiger partial charge is 0.594 e. The summed E-state index contributed by atoms with van der Waals surface area (Å²) in [4.78, 5) is 4.85. The fraction of sp³-hybridized carbons (Fsp3) is 0. The molecule has 3 aromatic heterocycles. The Bertz CT molecular complexity index is 967. The molecule has 4 rings (SSSR count). The lowest BCUT2D eigenvalue weighted by Gasteiger charge is -2.02. The molecule has 0 aliphatic carbocycles. The number of pyridine rings is 1. The predicted molar refractivity (Wildman–Crippen MR) is 77.7 cm³/mol. The first-order chi connectivity index (χ1) is 10.2. The maximum atomic E-state index is 12.1. The first kappa shape index (κ1) is 12.0. The van der Waals surface area contributed by atoms with Crippen LogP contribution in [0.15, 0.2) is 48.8 Å². The number of fused-ring (bicyclic) bond motifs is 3. The smallest absolute Gasteiger partial charge is 0.270 e. The molecule has 4 aromatic rings. The van der Waals surface area contributed by atoms with E-state index in [1.807, 2.05) is 18.2 Å². The average Bonchev–Trinajstić information content (AvgIpc) is 2.92. The van der Waals surface area contributed by atoms with Gasteiger partial charge in [0.25, 0.3) is 5.52 Å². The second kappa shape index (κ2) is 4.39. The monoisotopic (exact) mass is 297 g/mol. The van der Waals surface area contributed by atoms with E-state index in [-0.39, 0.29) is 0 Å². The van der Waals surface area contributed by atoms with Crippen molar-refractivity contribution in [3.05, 3.63) is 59.0 Å². The van der Waals surface area contributed by atoms with Crippen molar-refractivity contribution in [1.29, 1.82) is 0 Å². The Morgan fingerprint density at radius 2 is 2.10 bits per heavy atom. The van der Waals surface area contributed by atoms with Crippen LogP contribution < -0.4 is 4.85 Å². The highest BCUT2D eigenvalue weighted by Gasteiger charge is 2.17. The Labute approximate surface area is 123 Å². The van der Waals surface area contributed by atoms with Gasteiger partial charge >= 0.3 is 0 Å². The van der Waals surface area contributed by atoms with E-state index < -0.39 is 0 Å². The molecule has 3 heterocycles. The molecule has 0 unspecified atom stereocenters. The van der Waals surface area contributed by atoms with Crippen LogP contribution in [0.5, 0.6) is 0 Å². The molecule has 0 saturated carbocycles. The first-order valence-corrected chi connectivity index (χ1v) is 6.60. The molecule has 0 radical (unpaired) electrons. The van der Waals surface area contributed by atoms with Gasteiger partial charge in [-0.3, -0.25) is 4.98 Å². The van der Waals surface area contributed by atoms with Crippen LogP contribution in [-0.4, -0.2) is 19.7 Å². The molecule has 0 saturated heterocycles. The van der Waals surface area contributed by atoms with Crippen LogP contribution >= 0.6 is 11.6 Å². The van der Waals surface area contributed by atoms with Gasteiger partial charge in [-0.25, -0.2) is 4.52 Å². The third-order valence-corrected chi connectivity index (χ3v) is 3.48. The molecule has 0 aliphatic heterocycles. The van der Waals surface area contributed by atoms with Crippen LogP contribution in [0.4, 0.5) is 0 Å². The lowest BCUT2D eigenvalue weighted by molar-refractivity contribution is -0.640. The number of hydrogen-bond donors (Lipinski definition) is 0. The summed E-state index contributed by atoms with van der Waals surface area (Å²) in [6.45, 7) is 0. The Morgan fingerprint density at radius 1 is 1.19 bits per heavy atom. The second-order valence-electron chi connectivity index (χ2n) is 4.51. The van der Waals surface area contributed by atoms with Crippen LogP contribution in [0.1, 0.15) is 0 Å². The van der Waals surface area contributed by atoms with E-state index in [2.05, 4.69) is 15.2 Å². The lowest BCUT2D eigenvalue weighted by Crippen LogP contribution is -2.33. The van der Waals surface area contributed by atoms with E-state index in [0.29, 0.717) is 37.8 Å². The zero-order valence-corrected chi connectivity index (χ0v) is 11.4. The molecule has 0 N–H and O–H groups in total. The summed E-state index contributed by atoms with van der Waals surface area (Å²) in [6, 6.07) is 10.5. The molecular weight excluding hydrogens is 290 g/mol. The summed E-state index contributed by atoms with van der Waals surface area (Å²) >= 11 is 6.01. The van der Waals surface area contributed by atoms with Gasteiger partial charge in [0.15, 0.2) is 0 Å². The van der Waals surface area contributed by atoms with Crippen molar-refractivity contribution >= 4 is 28.3 Å². The van der Waals surface area contributed by atoms with Crippen LogP contribution in [0.3, 0.4) is 0 Å². The molecule has 0 bridgehead atoms. The topological polar surface area (TPSA) is 70.0 Å². The van der Waals surface area contributed by atoms with Crippen molar-refractivity contribution in [3.63, 3.8) is 0 Å². The molecule has 7 heteroatoms. The third kappa shape index (κ3) is 1.80. The fourth-order valence-electron chi connectivity index (χ4n) is 2.29. The van der Waals surface area contributed by atoms with Gasteiger partial charge in [0.1, 0.15) is 5.52 Å². The standard InChI is InChI=1S/C14H8ClN5O/c15-9-4-5-12-13(7-9)19-14(18-20(12)21)10(8-17-19)11-3-1-2-6-16-11/h1-8H. The van der Waals surface area contributed by atoms with E-state index in [0.717, 1.165) is 0 Å². The summed E-state index contributed by atoms with van der Waals surface area (Å²) in [7, 11) is 0. The molecule has 0 amide bonds. The summed E-state index contributed by atoms with van der Waals surface area (Å²) in [5.41, 5.74) is 2.86. The second-order valence-corrected chi connectivity index (χ2v) is 4.95. The van der Waals surface area contributed by atoms with Crippen LogP contribution in [0.2, 0.25) is 5.02 Å². The molecule has 0 fully saturated rings. The van der Waals surface area contributed by atoms with E-state index in [1.165, 1.54) is 0 Å². The fourth-order valence-corrected chi connectivity index (χ4v) is 2.45.